The van der Waals surface area contributed by atoms with Gasteiger partial charge in [0.05, 0.1) is 41.0 Å². The molecule has 154 valence electrons. The van der Waals surface area contributed by atoms with Gasteiger partial charge in [-0.25, -0.2) is 13.1 Å². The first-order chi connectivity index (χ1) is 13.8. The van der Waals surface area contributed by atoms with Crippen LogP contribution in [-0.4, -0.2) is 52.0 Å². The number of sulfonamides is 1. The maximum Gasteiger partial charge on any atom is 0.299 e. The van der Waals surface area contributed by atoms with Gasteiger partial charge in [0.15, 0.2) is 0 Å². The van der Waals surface area contributed by atoms with E-state index in [-0.39, 0.29) is 41.1 Å². The number of halogens is 1. The lowest BCUT2D eigenvalue weighted by Gasteiger charge is -2.21. The molecule has 0 bridgehead atoms. The fourth-order valence-corrected chi connectivity index (χ4v) is 5.63. The number of benzene rings is 1. The zero-order valence-corrected chi connectivity index (χ0v) is 17.1. The van der Waals surface area contributed by atoms with Gasteiger partial charge < -0.3 is 0 Å². The summed E-state index contributed by atoms with van der Waals surface area (Å²) >= 11 is 0.0796. The molecule has 0 saturated carbocycles. The molecule has 0 aliphatic carbocycles. The Kier molecular flexibility index (Phi) is 5.17. The Morgan fingerprint density at radius 2 is 2.10 bits per heavy atom. The molecule has 9 nitrogen and oxygen atoms in total. The molecule has 2 aliphatic rings. The third-order valence-corrected chi connectivity index (χ3v) is 7.50. The van der Waals surface area contributed by atoms with Crippen molar-refractivity contribution in [1.82, 2.24) is 19.3 Å². The smallest absolute Gasteiger partial charge is 0.299 e. The van der Waals surface area contributed by atoms with E-state index in [4.69, 9.17) is 0 Å². The van der Waals surface area contributed by atoms with E-state index in [0.29, 0.717) is 17.9 Å². The van der Waals surface area contributed by atoms with Crippen LogP contribution < -0.4 is 4.90 Å². The fourth-order valence-electron chi connectivity index (χ4n) is 3.68. The van der Waals surface area contributed by atoms with Crippen molar-refractivity contribution in [1.29, 1.82) is 0 Å². The molecule has 1 aromatic carbocycles. The van der Waals surface area contributed by atoms with Crippen molar-refractivity contribution in [3.8, 4) is 0 Å². The van der Waals surface area contributed by atoms with Crippen molar-refractivity contribution in [3.05, 3.63) is 35.7 Å². The number of carbonyl (C=O) groups excluding carboxylic acids is 2. The lowest BCUT2D eigenvalue weighted by atomic mass is 10.1. The second-order valence-electron chi connectivity index (χ2n) is 6.99. The van der Waals surface area contributed by atoms with Gasteiger partial charge in [0.1, 0.15) is 11.6 Å². The molecule has 2 aliphatic heterocycles. The van der Waals surface area contributed by atoms with Crippen LogP contribution >= 0.6 is 12.1 Å². The Morgan fingerprint density at radius 1 is 1.31 bits per heavy atom. The number of ketones is 1. The minimum absolute atomic E-state index is 0.00100. The number of carbonyl (C=O) groups is 2. The summed E-state index contributed by atoms with van der Waals surface area (Å²) in [5.74, 6) is -1.57. The normalized spacial score (nSPS) is 19.9. The van der Waals surface area contributed by atoms with Gasteiger partial charge in [0, 0.05) is 12.6 Å². The topological polar surface area (TPSA) is 105 Å². The number of Topliss-reactive ketones (excluding diaryl/α,β-unsaturated/α-hetero) is 1. The highest BCUT2D eigenvalue weighted by Crippen LogP contribution is 2.34. The second-order valence-corrected chi connectivity index (χ2v) is 9.36. The molecule has 1 saturated heterocycles. The van der Waals surface area contributed by atoms with Gasteiger partial charge in [0.25, 0.3) is 11.7 Å². The van der Waals surface area contributed by atoms with E-state index in [2.05, 4.69) is 10.3 Å². The quantitative estimate of drug-likeness (QED) is 0.632. The first-order valence-electron chi connectivity index (χ1n) is 8.97. The van der Waals surface area contributed by atoms with Crippen molar-refractivity contribution in [2.45, 2.75) is 43.1 Å². The summed E-state index contributed by atoms with van der Waals surface area (Å²) < 4.78 is 40.9. The summed E-state index contributed by atoms with van der Waals surface area (Å²) in [5, 5.41) is 7.62. The summed E-state index contributed by atoms with van der Waals surface area (Å²) in [4.78, 5) is 26.2. The number of hydrogen-bond acceptors (Lipinski definition) is 7. The molecular formula is C17H18FN5O4S2. The Bertz CT molecular complexity index is 1090. The van der Waals surface area contributed by atoms with Crippen molar-refractivity contribution < 1.29 is 21.9 Å². The summed E-state index contributed by atoms with van der Waals surface area (Å²) in [6, 6.07) is 4.04. The third kappa shape index (κ3) is 3.45. The molecule has 4 rings (SSSR count). The van der Waals surface area contributed by atoms with E-state index >= 15 is 0 Å². The van der Waals surface area contributed by atoms with Crippen LogP contribution in [0.3, 0.4) is 0 Å². The summed E-state index contributed by atoms with van der Waals surface area (Å²) in [6.45, 7) is 2.26. The number of aromatic nitrogens is 3. The molecule has 0 N–H and O–H groups in total. The van der Waals surface area contributed by atoms with Crippen LogP contribution in [0.4, 0.5) is 9.57 Å². The van der Waals surface area contributed by atoms with Gasteiger partial charge >= 0.3 is 0 Å². The highest BCUT2D eigenvalue weighted by molar-refractivity contribution is 7.93. The molecule has 0 radical (unpaired) electrons. The Balaban J connectivity index is 1.64. The predicted octanol–water partition coefficient (Wildman–Crippen LogP) is 1.76. The molecule has 1 atom stereocenters. The summed E-state index contributed by atoms with van der Waals surface area (Å²) in [6.07, 6.45) is 3.06. The van der Waals surface area contributed by atoms with Crippen molar-refractivity contribution in [3.63, 3.8) is 0 Å². The SMILES string of the molecule is C[C@@H]1CCCN1S(=O)(=O)c1ccc2c(c1)C(=O)C(=O)N2Cc1cn(CSF)nn1. The highest BCUT2D eigenvalue weighted by Gasteiger charge is 2.39. The monoisotopic (exact) mass is 439 g/mol. The van der Waals surface area contributed by atoms with E-state index in [1.54, 1.807) is 0 Å². The van der Waals surface area contributed by atoms with Crippen molar-refractivity contribution in [2.75, 3.05) is 11.4 Å². The van der Waals surface area contributed by atoms with Crippen LogP contribution in [0.1, 0.15) is 35.8 Å². The third-order valence-electron chi connectivity index (χ3n) is 5.13. The van der Waals surface area contributed by atoms with Gasteiger partial charge in [-0.15, -0.1) is 5.10 Å². The zero-order chi connectivity index (χ0) is 20.8. The van der Waals surface area contributed by atoms with Gasteiger partial charge in [0.2, 0.25) is 10.0 Å². The molecule has 1 amide bonds. The van der Waals surface area contributed by atoms with Gasteiger partial charge in [-0.3, -0.25) is 14.5 Å². The molecule has 1 aromatic heterocycles. The van der Waals surface area contributed by atoms with Crippen LogP contribution in [0.25, 0.3) is 0 Å². The van der Waals surface area contributed by atoms with Crippen LogP contribution in [0.5, 0.6) is 0 Å². The molecule has 3 heterocycles. The van der Waals surface area contributed by atoms with E-state index in [1.165, 1.54) is 38.3 Å². The van der Waals surface area contributed by atoms with Gasteiger partial charge in [-0.05, 0) is 38.0 Å². The van der Waals surface area contributed by atoms with E-state index in [0.717, 1.165) is 12.8 Å². The Morgan fingerprint density at radius 3 is 2.79 bits per heavy atom. The Hall–Kier alpha value is -2.31. The highest BCUT2D eigenvalue weighted by atomic mass is 32.2. The number of nitrogens with zero attached hydrogens (tertiary/aromatic N) is 5. The van der Waals surface area contributed by atoms with Gasteiger partial charge in [-0.2, -0.15) is 8.19 Å². The van der Waals surface area contributed by atoms with Crippen LogP contribution in [0.2, 0.25) is 0 Å². The maximum atomic E-state index is 12.9. The lowest BCUT2D eigenvalue weighted by molar-refractivity contribution is -0.114. The number of rotatable bonds is 6. The Labute approximate surface area is 171 Å². The molecule has 12 heteroatoms. The number of fused-ring (bicyclic) bond motifs is 1. The van der Waals surface area contributed by atoms with Crippen molar-refractivity contribution in [2.24, 2.45) is 0 Å². The van der Waals surface area contributed by atoms with Crippen LogP contribution in [0.15, 0.2) is 29.3 Å². The standard InChI is InChI=1S/C17H18FN5O4S2/c1-11-3-2-6-23(11)29(26,27)13-4-5-15-14(7-13)16(24)17(25)22(15)9-12-8-21(10-28-18)20-19-12/h4-5,7-8,11H,2-3,6,9-10H2,1H3/t11-/m1/s1. The van der Waals surface area contributed by atoms with Gasteiger partial charge in [-0.1, -0.05) is 5.21 Å². The molecule has 1 fully saturated rings. The molecule has 0 unspecified atom stereocenters. The number of anilines is 1. The fraction of sp³-hybridized carbons (Fsp3) is 0.412. The summed E-state index contributed by atoms with van der Waals surface area (Å²) in [5.41, 5.74) is 0.758. The van der Waals surface area contributed by atoms with Crippen LogP contribution in [0, 0.1) is 0 Å². The lowest BCUT2D eigenvalue weighted by Crippen LogP contribution is -2.33. The minimum Gasteiger partial charge on any atom is -0.299 e. The number of amides is 1. The maximum absolute atomic E-state index is 12.9. The first kappa shape index (κ1) is 20.0. The summed E-state index contributed by atoms with van der Waals surface area (Å²) in [7, 11) is -3.74. The van der Waals surface area contributed by atoms with E-state index < -0.39 is 21.7 Å². The van der Waals surface area contributed by atoms with Crippen molar-refractivity contribution >= 4 is 39.5 Å². The largest absolute Gasteiger partial charge is 0.299 e. The van der Waals surface area contributed by atoms with E-state index in [9.17, 15) is 21.9 Å². The molecule has 0 spiro atoms. The molecule has 2 aromatic rings. The molecule has 29 heavy (non-hydrogen) atoms. The first-order valence-corrected chi connectivity index (χ1v) is 11.3. The number of hydrogen-bond donors (Lipinski definition) is 0. The second kappa shape index (κ2) is 7.50. The zero-order valence-electron chi connectivity index (χ0n) is 15.5. The van der Waals surface area contributed by atoms with Crippen LogP contribution in [-0.2, 0) is 27.2 Å². The molecular weight excluding hydrogens is 421 g/mol. The average Bonchev–Trinajstić information content (AvgIpc) is 3.38. The minimum atomic E-state index is -3.74. The predicted molar refractivity (Wildman–Crippen MR) is 103 cm³/mol. The van der Waals surface area contributed by atoms with E-state index in [1.807, 2.05) is 6.92 Å². The average molecular weight is 439 g/mol.